The summed E-state index contributed by atoms with van der Waals surface area (Å²) in [4.78, 5) is 4.27. The second-order valence-corrected chi connectivity index (χ2v) is 3.77. The first-order valence-electron chi connectivity index (χ1n) is 5.28. The van der Waals surface area contributed by atoms with Crippen LogP contribution in [0.5, 0.6) is 11.5 Å². The molecule has 2 N–H and O–H groups in total. The van der Waals surface area contributed by atoms with E-state index >= 15 is 0 Å². The lowest BCUT2D eigenvalue weighted by Gasteiger charge is -2.09. The molecule has 2 aromatic rings. The Hall–Kier alpha value is -1.97. The van der Waals surface area contributed by atoms with Gasteiger partial charge in [0.15, 0.2) is 11.5 Å². The van der Waals surface area contributed by atoms with Crippen LogP contribution in [0.2, 0.25) is 0 Å². The van der Waals surface area contributed by atoms with Crippen LogP contribution in [0.3, 0.4) is 0 Å². The molecule has 16 heavy (non-hydrogen) atoms. The molecule has 1 aliphatic heterocycles. The Morgan fingerprint density at radius 2 is 1.88 bits per heavy atom. The van der Waals surface area contributed by atoms with Gasteiger partial charge in [-0.05, 0) is 12.1 Å². The Labute approximate surface area is 93.0 Å². The van der Waals surface area contributed by atoms with E-state index in [9.17, 15) is 0 Å². The Bertz CT molecular complexity index is 540. The van der Waals surface area contributed by atoms with Crippen molar-refractivity contribution in [1.82, 2.24) is 4.98 Å². The lowest BCUT2D eigenvalue weighted by Crippen LogP contribution is -1.97. The van der Waals surface area contributed by atoms with E-state index in [1.807, 2.05) is 12.1 Å². The van der Waals surface area contributed by atoms with Gasteiger partial charge in [0.2, 0.25) is 0 Å². The van der Waals surface area contributed by atoms with Gasteiger partial charge in [-0.3, -0.25) is 4.98 Å². The maximum Gasteiger partial charge on any atom is 0.163 e. The van der Waals surface area contributed by atoms with E-state index in [1.165, 1.54) is 0 Å². The number of nitrogens with two attached hydrogens (primary N) is 1. The van der Waals surface area contributed by atoms with Crippen molar-refractivity contribution in [1.29, 1.82) is 0 Å². The molecular formula is C12H12N2O2. The van der Waals surface area contributed by atoms with Gasteiger partial charge < -0.3 is 15.2 Å². The van der Waals surface area contributed by atoms with Crippen LogP contribution in [0.15, 0.2) is 24.4 Å². The molecule has 0 radical (unpaired) electrons. The average molecular weight is 216 g/mol. The quantitative estimate of drug-likeness (QED) is 0.731. The zero-order valence-electron chi connectivity index (χ0n) is 8.77. The molecule has 4 heteroatoms. The maximum absolute atomic E-state index is 5.89. The van der Waals surface area contributed by atoms with Crippen LogP contribution in [-0.2, 0) is 0 Å². The molecule has 0 fully saturated rings. The summed E-state index contributed by atoms with van der Waals surface area (Å²) >= 11 is 0. The fourth-order valence-electron chi connectivity index (χ4n) is 1.82. The van der Waals surface area contributed by atoms with Gasteiger partial charge in [0, 0.05) is 29.8 Å². The zero-order chi connectivity index (χ0) is 11.0. The van der Waals surface area contributed by atoms with Gasteiger partial charge in [0.25, 0.3) is 0 Å². The highest BCUT2D eigenvalue weighted by Crippen LogP contribution is 2.35. The molecule has 0 saturated carbocycles. The van der Waals surface area contributed by atoms with Gasteiger partial charge in [-0.2, -0.15) is 0 Å². The normalized spacial score (nSPS) is 14.8. The third-order valence-electron chi connectivity index (χ3n) is 2.64. The van der Waals surface area contributed by atoms with Crippen LogP contribution in [0, 0.1) is 0 Å². The third-order valence-corrected chi connectivity index (χ3v) is 2.64. The van der Waals surface area contributed by atoms with Crippen molar-refractivity contribution in [3.63, 3.8) is 0 Å². The fourth-order valence-corrected chi connectivity index (χ4v) is 1.82. The van der Waals surface area contributed by atoms with Gasteiger partial charge in [-0.25, -0.2) is 0 Å². The molecule has 1 aromatic carbocycles. The first-order valence-corrected chi connectivity index (χ1v) is 5.28. The number of aromatic nitrogens is 1. The molecule has 0 amide bonds. The first kappa shape index (κ1) is 9.27. The molecule has 0 unspecified atom stereocenters. The topological polar surface area (TPSA) is 57.4 Å². The van der Waals surface area contributed by atoms with Crippen molar-refractivity contribution >= 4 is 16.6 Å². The Morgan fingerprint density at radius 3 is 2.69 bits per heavy atom. The van der Waals surface area contributed by atoms with Crippen LogP contribution in [-0.4, -0.2) is 18.2 Å². The third kappa shape index (κ3) is 1.43. The Kier molecular flexibility index (Phi) is 2.06. The summed E-state index contributed by atoms with van der Waals surface area (Å²) < 4.78 is 11.2. The number of anilines is 1. The van der Waals surface area contributed by atoms with Gasteiger partial charge in [-0.15, -0.1) is 0 Å². The smallest absolute Gasteiger partial charge is 0.163 e. The summed E-state index contributed by atoms with van der Waals surface area (Å²) in [6.07, 6.45) is 2.59. The monoisotopic (exact) mass is 216 g/mol. The molecule has 82 valence electrons. The van der Waals surface area contributed by atoms with Crippen LogP contribution in [0.4, 0.5) is 5.69 Å². The number of fused-ring (bicyclic) bond motifs is 2. The van der Waals surface area contributed by atoms with E-state index in [-0.39, 0.29) is 0 Å². The number of benzene rings is 1. The largest absolute Gasteiger partial charge is 0.490 e. The van der Waals surface area contributed by atoms with Gasteiger partial charge in [-0.1, -0.05) is 0 Å². The van der Waals surface area contributed by atoms with Crippen molar-refractivity contribution < 1.29 is 9.47 Å². The molecule has 2 heterocycles. The summed E-state index contributed by atoms with van der Waals surface area (Å²) in [6.45, 7) is 1.36. The fraction of sp³-hybridized carbons (Fsp3) is 0.250. The molecular weight excluding hydrogens is 204 g/mol. The van der Waals surface area contributed by atoms with Crippen molar-refractivity contribution in [3.05, 3.63) is 24.4 Å². The highest BCUT2D eigenvalue weighted by molar-refractivity contribution is 5.92. The molecule has 0 saturated heterocycles. The number of pyridine rings is 1. The zero-order valence-corrected chi connectivity index (χ0v) is 8.77. The number of hydrogen-bond donors (Lipinski definition) is 1. The standard InChI is InChI=1S/C12H12N2O2/c13-9-2-3-14-10-7-12-11(6-8(9)10)15-4-1-5-16-12/h2-3,6-7H,1,4-5H2,(H2,13,14). The highest BCUT2D eigenvalue weighted by Gasteiger charge is 2.12. The lowest BCUT2D eigenvalue weighted by molar-refractivity contribution is 0.297. The molecule has 0 atom stereocenters. The van der Waals surface area contributed by atoms with Gasteiger partial charge in [0.05, 0.1) is 18.7 Å². The van der Waals surface area contributed by atoms with Crippen molar-refractivity contribution in [2.45, 2.75) is 6.42 Å². The summed E-state index contributed by atoms with van der Waals surface area (Å²) in [7, 11) is 0. The number of hydrogen-bond acceptors (Lipinski definition) is 4. The second kappa shape index (κ2) is 3.56. The average Bonchev–Trinajstić information content (AvgIpc) is 2.52. The first-order chi connectivity index (χ1) is 7.84. The van der Waals surface area contributed by atoms with Crippen LogP contribution in [0.25, 0.3) is 10.9 Å². The van der Waals surface area contributed by atoms with Crippen LogP contribution >= 0.6 is 0 Å². The minimum absolute atomic E-state index is 0.679. The SMILES string of the molecule is Nc1ccnc2cc3c(cc12)OCCCO3. The molecule has 4 nitrogen and oxygen atoms in total. The number of ether oxygens (including phenoxy) is 2. The summed E-state index contributed by atoms with van der Waals surface area (Å²) in [6, 6.07) is 5.57. The lowest BCUT2D eigenvalue weighted by atomic mass is 10.1. The number of rotatable bonds is 0. The summed E-state index contributed by atoms with van der Waals surface area (Å²) in [5, 5.41) is 0.909. The van der Waals surface area contributed by atoms with Crippen LogP contribution < -0.4 is 15.2 Å². The van der Waals surface area contributed by atoms with E-state index in [0.717, 1.165) is 28.8 Å². The van der Waals surface area contributed by atoms with E-state index in [4.69, 9.17) is 15.2 Å². The number of nitrogens with zero attached hydrogens (tertiary/aromatic N) is 1. The van der Waals surface area contributed by atoms with E-state index in [0.29, 0.717) is 18.9 Å². The van der Waals surface area contributed by atoms with E-state index in [1.54, 1.807) is 12.3 Å². The Balaban J connectivity index is 2.24. The predicted molar refractivity (Wildman–Crippen MR) is 61.8 cm³/mol. The summed E-state index contributed by atoms with van der Waals surface area (Å²) in [5.74, 6) is 1.51. The van der Waals surface area contributed by atoms with Gasteiger partial charge in [0.1, 0.15) is 0 Å². The van der Waals surface area contributed by atoms with Crippen molar-refractivity contribution in [2.75, 3.05) is 18.9 Å². The molecule has 1 aliphatic rings. The minimum Gasteiger partial charge on any atom is -0.490 e. The predicted octanol–water partition coefficient (Wildman–Crippen LogP) is 1.98. The summed E-state index contributed by atoms with van der Waals surface area (Å²) in [5.41, 5.74) is 7.44. The van der Waals surface area contributed by atoms with E-state index in [2.05, 4.69) is 4.98 Å². The van der Waals surface area contributed by atoms with E-state index < -0.39 is 0 Å². The van der Waals surface area contributed by atoms with Crippen molar-refractivity contribution in [2.24, 2.45) is 0 Å². The second-order valence-electron chi connectivity index (χ2n) is 3.77. The Morgan fingerprint density at radius 1 is 1.12 bits per heavy atom. The molecule has 0 spiro atoms. The van der Waals surface area contributed by atoms with Gasteiger partial charge >= 0.3 is 0 Å². The van der Waals surface area contributed by atoms with Crippen molar-refractivity contribution in [3.8, 4) is 11.5 Å². The molecule has 0 bridgehead atoms. The molecule has 3 rings (SSSR count). The minimum atomic E-state index is 0.679. The number of nitrogen functional groups attached to an aromatic ring is 1. The maximum atomic E-state index is 5.89. The molecule has 1 aromatic heterocycles. The highest BCUT2D eigenvalue weighted by atomic mass is 16.5. The van der Waals surface area contributed by atoms with Crippen LogP contribution in [0.1, 0.15) is 6.42 Å². The molecule has 0 aliphatic carbocycles.